The van der Waals surface area contributed by atoms with Crippen LogP contribution in [0, 0.1) is 5.82 Å². The molecule has 1 fully saturated rings. The molecule has 4 heteroatoms. The summed E-state index contributed by atoms with van der Waals surface area (Å²) in [5.41, 5.74) is -1.17. The third-order valence-corrected chi connectivity index (χ3v) is 3.87. The first kappa shape index (κ1) is 13.0. The van der Waals surface area contributed by atoms with Crippen molar-refractivity contribution in [3.8, 4) is 0 Å². The highest BCUT2D eigenvalue weighted by Gasteiger charge is 2.59. The fourth-order valence-electron chi connectivity index (χ4n) is 2.77. The number of methoxy groups -OCH3 is 1. The van der Waals surface area contributed by atoms with Crippen LogP contribution in [0.3, 0.4) is 0 Å². The number of ether oxygens (including phenoxy) is 1. The van der Waals surface area contributed by atoms with Crippen molar-refractivity contribution >= 4 is 5.97 Å². The highest BCUT2D eigenvalue weighted by atomic mass is 19.1. The molecule has 0 radical (unpaired) electrons. The van der Waals surface area contributed by atoms with Gasteiger partial charge in [-0.15, -0.1) is 0 Å². The van der Waals surface area contributed by atoms with E-state index in [4.69, 9.17) is 4.74 Å². The molecule has 98 valence electrons. The molecule has 0 spiro atoms. The van der Waals surface area contributed by atoms with E-state index in [1.54, 1.807) is 12.1 Å². The molecular formula is C14H17FO3. The number of hydrogen-bond donors (Lipinski definition) is 1. The van der Waals surface area contributed by atoms with E-state index in [1.807, 2.05) is 6.92 Å². The molecule has 1 aromatic rings. The minimum absolute atomic E-state index is 0.284. The van der Waals surface area contributed by atoms with Gasteiger partial charge >= 0.3 is 5.97 Å². The summed E-state index contributed by atoms with van der Waals surface area (Å²) in [6.07, 6.45) is 1.14. The molecule has 1 aliphatic rings. The highest BCUT2D eigenvalue weighted by Crippen LogP contribution is 2.52. The molecule has 0 saturated heterocycles. The zero-order valence-corrected chi connectivity index (χ0v) is 10.6. The van der Waals surface area contributed by atoms with E-state index in [2.05, 4.69) is 0 Å². The van der Waals surface area contributed by atoms with Gasteiger partial charge in [-0.25, -0.2) is 4.39 Å². The topological polar surface area (TPSA) is 46.5 Å². The molecule has 0 unspecified atom stereocenters. The lowest BCUT2D eigenvalue weighted by Crippen LogP contribution is -2.58. The fraction of sp³-hybridized carbons (Fsp3) is 0.500. The van der Waals surface area contributed by atoms with Gasteiger partial charge in [0.05, 0.1) is 18.1 Å². The molecule has 0 heterocycles. The molecule has 18 heavy (non-hydrogen) atoms. The molecule has 1 N–H and O–H groups in total. The van der Waals surface area contributed by atoms with Crippen molar-refractivity contribution in [3.63, 3.8) is 0 Å². The summed E-state index contributed by atoms with van der Waals surface area (Å²) >= 11 is 0. The quantitative estimate of drug-likeness (QED) is 0.839. The number of esters is 1. The summed E-state index contributed by atoms with van der Waals surface area (Å²) in [7, 11) is 1.31. The SMILES string of the molecule is CCC1(O)CC(C(=O)OC)(c2cccc(F)c2)C1. The predicted molar refractivity (Wildman–Crippen MR) is 64.6 cm³/mol. The summed E-state index contributed by atoms with van der Waals surface area (Å²) in [5, 5.41) is 10.1. The Hall–Kier alpha value is -1.42. The van der Waals surface area contributed by atoms with E-state index in [0.29, 0.717) is 12.0 Å². The van der Waals surface area contributed by atoms with Gasteiger partial charge in [-0.2, -0.15) is 0 Å². The Morgan fingerprint density at radius 2 is 2.17 bits per heavy atom. The molecule has 1 aromatic carbocycles. The lowest BCUT2D eigenvalue weighted by Gasteiger charge is -2.51. The van der Waals surface area contributed by atoms with Gasteiger partial charge in [0.2, 0.25) is 0 Å². The maximum atomic E-state index is 13.3. The van der Waals surface area contributed by atoms with Crippen molar-refractivity contribution in [1.82, 2.24) is 0 Å². The van der Waals surface area contributed by atoms with Crippen molar-refractivity contribution < 1.29 is 19.0 Å². The zero-order valence-electron chi connectivity index (χ0n) is 10.6. The molecule has 1 saturated carbocycles. The number of aliphatic hydroxyl groups is 1. The lowest BCUT2D eigenvalue weighted by atomic mass is 9.55. The number of hydrogen-bond acceptors (Lipinski definition) is 3. The maximum absolute atomic E-state index is 13.3. The van der Waals surface area contributed by atoms with Gasteiger partial charge in [-0.05, 0) is 37.0 Å². The Morgan fingerprint density at radius 3 is 2.67 bits per heavy atom. The monoisotopic (exact) mass is 252 g/mol. The number of halogens is 1. The first-order chi connectivity index (χ1) is 8.46. The van der Waals surface area contributed by atoms with Crippen LogP contribution in [0.25, 0.3) is 0 Å². The maximum Gasteiger partial charge on any atom is 0.316 e. The standard InChI is InChI=1S/C14H17FO3/c1-3-13(17)8-14(9-13,12(16)18-2)10-5-4-6-11(15)7-10/h4-7,17H,3,8-9H2,1-2H3. The van der Waals surface area contributed by atoms with E-state index in [-0.39, 0.29) is 18.7 Å². The summed E-state index contributed by atoms with van der Waals surface area (Å²) in [5.74, 6) is -0.797. The van der Waals surface area contributed by atoms with E-state index in [9.17, 15) is 14.3 Å². The lowest BCUT2D eigenvalue weighted by molar-refractivity contribution is -0.168. The average molecular weight is 252 g/mol. The third kappa shape index (κ3) is 1.90. The van der Waals surface area contributed by atoms with Crippen molar-refractivity contribution in [2.24, 2.45) is 0 Å². The van der Waals surface area contributed by atoms with Crippen LogP contribution in [-0.2, 0) is 14.9 Å². The zero-order chi connectivity index (χ0) is 13.4. The molecular weight excluding hydrogens is 235 g/mol. The molecule has 2 rings (SSSR count). The predicted octanol–water partition coefficient (Wildman–Crippen LogP) is 2.17. The minimum atomic E-state index is -0.901. The van der Waals surface area contributed by atoms with Crippen LogP contribution >= 0.6 is 0 Å². The molecule has 0 aliphatic heterocycles. The van der Waals surface area contributed by atoms with E-state index >= 15 is 0 Å². The van der Waals surface area contributed by atoms with Crippen LogP contribution in [0.1, 0.15) is 31.7 Å². The van der Waals surface area contributed by atoms with Crippen molar-refractivity contribution in [2.75, 3.05) is 7.11 Å². The smallest absolute Gasteiger partial charge is 0.316 e. The Kier molecular flexibility index (Phi) is 3.15. The van der Waals surface area contributed by atoms with Gasteiger partial charge in [0.15, 0.2) is 0 Å². The van der Waals surface area contributed by atoms with Gasteiger partial charge in [0.25, 0.3) is 0 Å². The van der Waals surface area contributed by atoms with Gasteiger partial charge in [-0.3, -0.25) is 4.79 Å². The van der Waals surface area contributed by atoms with Crippen molar-refractivity contribution in [1.29, 1.82) is 0 Å². The number of benzene rings is 1. The second-order valence-corrected chi connectivity index (χ2v) is 5.02. The van der Waals surface area contributed by atoms with Crippen LogP contribution in [0.5, 0.6) is 0 Å². The Morgan fingerprint density at radius 1 is 1.50 bits per heavy atom. The largest absolute Gasteiger partial charge is 0.468 e. The molecule has 0 aromatic heterocycles. The van der Waals surface area contributed by atoms with Gasteiger partial charge < -0.3 is 9.84 Å². The molecule has 1 aliphatic carbocycles. The van der Waals surface area contributed by atoms with Gasteiger partial charge in [-0.1, -0.05) is 19.1 Å². The molecule has 0 amide bonds. The number of carbonyl (C=O) groups excluding carboxylic acids is 1. The third-order valence-electron chi connectivity index (χ3n) is 3.87. The van der Waals surface area contributed by atoms with Crippen molar-refractivity contribution in [2.45, 2.75) is 37.2 Å². The number of carbonyl (C=O) groups is 1. The van der Waals surface area contributed by atoms with Crippen molar-refractivity contribution in [3.05, 3.63) is 35.6 Å². The summed E-state index contributed by atoms with van der Waals surface area (Å²) < 4.78 is 18.1. The second kappa shape index (κ2) is 4.35. The van der Waals surface area contributed by atoms with E-state index < -0.39 is 17.0 Å². The average Bonchev–Trinajstić information content (AvgIpc) is 2.33. The normalized spacial score (nSPS) is 30.7. The van der Waals surface area contributed by atoms with Crippen LogP contribution in [0.4, 0.5) is 4.39 Å². The first-order valence-corrected chi connectivity index (χ1v) is 6.03. The van der Waals surface area contributed by atoms with E-state index in [0.717, 1.165) is 0 Å². The summed E-state index contributed by atoms with van der Waals surface area (Å²) in [6.45, 7) is 1.87. The highest BCUT2D eigenvalue weighted by molar-refractivity contribution is 5.85. The summed E-state index contributed by atoms with van der Waals surface area (Å²) in [4.78, 5) is 12.0. The van der Waals surface area contributed by atoms with Crippen LogP contribution in [0.15, 0.2) is 24.3 Å². The van der Waals surface area contributed by atoms with Crippen LogP contribution in [0.2, 0.25) is 0 Å². The van der Waals surface area contributed by atoms with Gasteiger partial charge in [0.1, 0.15) is 5.82 Å². The number of rotatable bonds is 3. The first-order valence-electron chi connectivity index (χ1n) is 6.03. The second-order valence-electron chi connectivity index (χ2n) is 5.02. The van der Waals surface area contributed by atoms with Gasteiger partial charge in [0, 0.05) is 0 Å². The Balaban J connectivity index is 2.37. The van der Waals surface area contributed by atoms with Crippen LogP contribution in [-0.4, -0.2) is 23.8 Å². The van der Waals surface area contributed by atoms with E-state index in [1.165, 1.54) is 19.2 Å². The fourth-order valence-corrected chi connectivity index (χ4v) is 2.77. The molecule has 0 atom stereocenters. The Bertz CT molecular complexity index is 464. The molecule has 3 nitrogen and oxygen atoms in total. The summed E-state index contributed by atoms with van der Waals surface area (Å²) in [6, 6.07) is 5.94. The minimum Gasteiger partial charge on any atom is -0.468 e. The molecule has 0 bridgehead atoms. The Labute approximate surface area is 106 Å². The van der Waals surface area contributed by atoms with Crippen LogP contribution < -0.4 is 0 Å².